The van der Waals surface area contributed by atoms with Gasteiger partial charge in [0.05, 0.1) is 12.9 Å². The molecule has 1 fully saturated rings. The van der Waals surface area contributed by atoms with Crippen LogP contribution in [0.5, 0.6) is 0 Å². The number of hydrogen-bond acceptors (Lipinski definition) is 2. The van der Waals surface area contributed by atoms with Crippen molar-refractivity contribution >= 4 is 5.91 Å². The van der Waals surface area contributed by atoms with Crippen LogP contribution in [0.15, 0.2) is 25.0 Å². The van der Waals surface area contributed by atoms with Crippen LogP contribution in [0.4, 0.5) is 0 Å². The molecule has 0 N–H and O–H groups in total. The van der Waals surface area contributed by atoms with E-state index < -0.39 is 0 Å². The molecule has 2 heterocycles. The molecule has 3 nitrogen and oxygen atoms in total. The van der Waals surface area contributed by atoms with Gasteiger partial charge in [-0.25, -0.2) is 0 Å². The highest BCUT2D eigenvalue weighted by molar-refractivity contribution is 5.87. The van der Waals surface area contributed by atoms with E-state index in [-0.39, 0.29) is 11.3 Å². The second-order valence-corrected chi connectivity index (χ2v) is 3.69. The Labute approximate surface area is 77.7 Å². The highest BCUT2D eigenvalue weighted by Crippen LogP contribution is 2.35. The summed E-state index contributed by atoms with van der Waals surface area (Å²) in [6.45, 7) is 5.79. The number of rotatable bonds is 1. The van der Waals surface area contributed by atoms with Crippen LogP contribution >= 0.6 is 0 Å². The van der Waals surface area contributed by atoms with Gasteiger partial charge in [0.15, 0.2) is 0 Å². The summed E-state index contributed by atoms with van der Waals surface area (Å²) in [7, 11) is 0. The van der Waals surface area contributed by atoms with E-state index in [2.05, 4.69) is 12.7 Å². The number of hydrogen-bond donors (Lipinski definition) is 0. The van der Waals surface area contributed by atoms with Gasteiger partial charge in [-0.3, -0.25) is 4.79 Å². The Balaban J connectivity index is 2.05. The summed E-state index contributed by atoms with van der Waals surface area (Å²) in [5.41, 5.74) is 0.0959. The van der Waals surface area contributed by atoms with Crippen LogP contribution < -0.4 is 0 Å². The molecule has 1 spiro atoms. The zero-order valence-corrected chi connectivity index (χ0v) is 7.53. The molecule has 0 aromatic rings. The second kappa shape index (κ2) is 2.91. The quantitative estimate of drug-likeness (QED) is 0.560. The van der Waals surface area contributed by atoms with Crippen molar-refractivity contribution in [3.05, 3.63) is 25.0 Å². The minimum absolute atomic E-state index is 0.0252. The standard InChI is InChI=1S/C10H13NO2/c1-2-9(12)11-5-3-10(7-11)4-6-13-8-10/h2,4,6H,1,3,5,7-8H2. The molecule has 0 radical (unpaired) electrons. The monoisotopic (exact) mass is 179 g/mol. The Kier molecular flexibility index (Phi) is 1.87. The summed E-state index contributed by atoms with van der Waals surface area (Å²) in [6.07, 6.45) is 6.19. The molecule has 0 aromatic heterocycles. The van der Waals surface area contributed by atoms with Gasteiger partial charge in [-0.2, -0.15) is 0 Å². The van der Waals surface area contributed by atoms with Gasteiger partial charge in [0, 0.05) is 18.5 Å². The molecular formula is C10H13NO2. The maximum absolute atomic E-state index is 11.3. The maximum Gasteiger partial charge on any atom is 0.245 e. The van der Waals surface area contributed by atoms with Crippen LogP contribution in [0.3, 0.4) is 0 Å². The topological polar surface area (TPSA) is 29.5 Å². The lowest BCUT2D eigenvalue weighted by Crippen LogP contribution is -2.30. The van der Waals surface area contributed by atoms with Crippen LogP contribution in [-0.2, 0) is 9.53 Å². The number of nitrogens with zero attached hydrogens (tertiary/aromatic N) is 1. The van der Waals surface area contributed by atoms with Crippen LogP contribution in [0.2, 0.25) is 0 Å². The van der Waals surface area contributed by atoms with Gasteiger partial charge in [0.1, 0.15) is 0 Å². The molecule has 0 saturated carbocycles. The number of carbonyl (C=O) groups is 1. The molecule has 0 aromatic carbocycles. The largest absolute Gasteiger partial charge is 0.501 e. The third-order valence-corrected chi connectivity index (χ3v) is 2.76. The highest BCUT2D eigenvalue weighted by Gasteiger charge is 2.40. The summed E-state index contributed by atoms with van der Waals surface area (Å²) in [4.78, 5) is 13.1. The van der Waals surface area contributed by atoms with E-state index in [1.807, 2.05) is 4.90 Å². The van der Waals surface area contributed by atoms with Gasteiger partial charge in [-0.1, -0.05) is 6.58 Å². The Bertz CT molecular complexity index is 272. The summed E-state index contributed by atoms with van der Waals surface area (Å²) in [6, 6.07) is 0. The van der Waals surface area contributed by atoms with Crippen LogP contribution in [0, 0.1) is 5.41 Å². The van der Waals surface area contributed by atoms with Gasteiger partial charge >= 0.3 is 0 Å². The van der Waals surface area contributed by atoms with Gasteiger partial charge in [-0.15, -0.1) is 0 Å². The number of likely N-dealkylation sites (tertiary alicyclic amines) is 1. The summed E-state index contributed by atoms with van der Waals surface area (Å²) < 4.78 is 5.20. The SMILES string of the molecule is C=CC(=O)N1CCC2(C=COC2)C1. The van der Waals surface area contributed by atoms with Gasteiger partial charge < -0.3 is 9.64 Å². The number of amides is 1. The van der Waals surface area contributed by atoms with Crippen molar-refractivity contribution in [1.29, 1.82) is 0 Å². The second-order valence-electron chi connectivity index (χ2n) is 3.69. The first-order valence-corrected chi connectivity index (χ1v) is 4.46. The van der Waals surface area contributed by atoms with E-state index in [1.54, 1.807) is 6.26 Å². The van der Waals surface area contributed by atoms with Gasteiger partial charge in [0.2, 0.25) is 5.91 Å². The fourth-order valence-corrected chi connectivity index (χ4v) is 1.92. The van der Waals surface area contributed by atoms with Crippen molar-refractivity contribution in [3.63, 3.8) is 0 Å². The number of carbonyl (C=O) groups excluding carboxylic acids is 1. The minimum Gasteiger partial charge on any atom is -0.501 e. The molecule has 1 unspecified atom stereocenters. The molecule has 0 aliphatic carbocycles. The predicted molar refractivity (Wildman–Crippen MR) is 48.9 cm³/mol. The average molecular weight is 179 g/mol. The third kappa shape index (κ3) is 1.34. The zero-order chi connectivity index (χ0) is 9.31. The van der Waals surface area contributed by atoms with Crippen molar-refractivity contribution < 1.29 is 9.53 Å². The zero-order valence-electron chi connectivity index (χ0n) is 7.53. The smallest absolute Gasteiger partial charge is 0.245 e. The molecule has 70 valence electrons. The number of ether oxygens (including phenoxy) is 1. The van der Waals surface area contributed by atoms with Crippen molar-refractivity contribution in [3.8, 4) is 0 Å². The normalized spacial score (nSPS) is 30.9. The van der Waals surface area contributed by atoms with Crippen molar-refractivity contribution in [2.75, 3.05) is 19.7 Å². The molecule has 2 aliphatic rings. The maximum atomic E-state index is 11.3. The average Bonchev–Trinajstić information content (AvgIpc) is 2.76. The van der Waals surface area contributed by atoms with Crippen LogP contribution in [0.25, 0.3) is 0 Å². The molecule has 0 bridgehead atoms. The molecule has 1 saturated heterocycles. The molecule has 2 rings (SSSR count). The van der Waals surface area contributed by atoms with Crippen LogP contribution in [0.1, 0.15) is 6.42 Å². The van der Waals surface area contributed by atoms with Crippen molar-refractivity contribution in [1.82, 2.24) is 4.90 Å². The molecular weight excluding hydrogens is 166 g/mol. The first-order valence-electron chi connectivity index (χ1n) is 4.46. The summed E-state index contributed by atoms with van der Waals surface area (Å²) >= 11 is 0. The minimum atomic E-state index is 0.0252. The Morgan fingerprint density at radius 2 is 2.54 bits per heavy atom. The van der Waals surface area contributed by atoms with E-state index in [9.17, 15) is 4.79 Å². The summed E-state index contributed by atoms with van der Waals surface area (Å²) in [5.74, 6) is 0.0252. The molecule has 2 aliphatic heterocycles. The molecule has 13 heavy (non-hydrogen) atoms. The van der Waals surface area contributed by atoms with Gasteiger partial charge in [0.25, 0.3) is 0 Å². The third-order valence-electron chi connectivity index (χ3n) is 2.76. The lowest BCUT2D eigenvalue weighted by atomic mass is 9.90. The molecule has 1 atom stereocenters. The van der Waals surface area contributed by atoms with Gasteiger partial charge in [-0.05, 0) is 18.6 Å². The van der Waals surface area contributed by atoms with Crippen LogP contribution in [-0.4, -0.2) is 30.5 Å². The predicted octanol–water partition coefficient (Wildman–Crippen LogP) is 0.935. The van der Waals surface area contributed by atoms with E-state index in [4.69, 9.17) is 4.74 Å². The first kappa shape index (κ1) is 8.35. The van der Waals surface area contributed by atoms with Crippen molar-refractivity contribution in [2.24, 2.45) is 5.41 Å². The Morgan fingerprint density at radius 1 is 1.69 bits per heavy atom. The lowest BCUT2D eigenvalue weighted by Gasteiger charge is -2.19. The Morgan fingerprint density at radius 3 is 3.15 bits per heavy atom. The molecule has 3 heteroatoms. The van der Waals surface area contributed by atoms with E-state index in [1.165, 1.54) is 6.08 Å². The highest BCUT2D eigenvalue weighted by atomic mass is 16.5. The molecule has 1 amide bonds. The Hall–Kier alpha value is -1.25. The summed E-state index contributed by atoms with van der Waals surface area (Å²) in [5, 5.41) is 0. The fourth-order valence-electron chi connectivity index (χ4n) is 1.92. The lowest BCUT2D eigenvalue weighted by molar-refractivity contribution is -0.125. The first-order chi connectivity index (χ1) is 6.26. The van der Waals surface area contributed by atoms with E-state index in [0.29, 0.717) is 6.61 Å². The van der Waals surface area contributed by atoms with E-state index >= 15 is 0 Å². The van der Waals surface area contributed by atoms with Crippen molar-refractivity contribution in [2.45, 2.75) is 6.42 Å². The van der Waals surface area contributed by atoms with E-state index in [0.717, 1.165) is 19.5 Å². The fraction of sp³-hybridized carbons (Fsp3) is 0.500.